The molecule has 0 aromatic heterocycles. The summed E-state index contributed by atoms with van der Waals surface area (Å²) >= 11 is 0. The highest BCUT2D eigenvalue weighted by Gasteiger charge is 2.38. The third kappa shape index (κ3) is 4.03. The molecule has 3 rings (SSSR count). The highest BCUT2D eigenvalue weighted by molar-refractivity contribution is 6.18. The summed E-state index contributed by atoms with van der Waals surface area (Å²) in [5, 5.41) is 0. The molecule has 2 aliphatic rings. The molecule has 0 atom stereocenters. The van der Waals surface area contributed by atoms with Crippen LogP contribution in [0.5, 0.6) is 0 Å². The van der Waals surface area contributed by atoms with Crippen LogP contribution in [-0.2, 0) is 30.4 Å². The molecule has 2 fully saturated rings. The maximum atomic E-state index is 12.0. The Hall–Kier alpha value is -2.14. The highest BCUT2D eigenvalue weighted by Crippen LogP contribution is 2.25. The second-order valence-corrected chi connectivity index (χ2v) is 6.70. The van der Waals surface area contributed by atoms with Crippen LogP contribution in [0.1, 0.15) is 50.7 Å². The summed E-state index contributed by atoms with van der Waals surface area (Å²) in [7, 11) is 0. The number of esters is 2. The van der Waals surface area contributed by atoms with E-state index in [0.717, 1.165) is 24.0 Å². The van der Waals surface area contributed by atoms with E-state index in [2.05, 4.69) is 0 Å². The number of carbonyl (C=O) groups excluding carboxylic acids is 2. The van der Waals surface area contributed by atoms with Crippen molar-refractivity contribution < 1.29 is 23.8 Å². The van der Waals surface area contributed by atoms with Crippen molar-refractivity contribution in [2.45, 2.75) is 58.0 Å². The smallest absolute Gasteiger partial charge is 0.348 e. The lowest BCUT2D eigenvalue weighted by Gasteiger charge is -2.29. The first kappa shape index (κ1) is 16.7. The molecule has 1 aliphatic carbocycles. The zero-order chi connectivity index (χ0) is 17.2. The number of rotatable bonds is 4. The van der Waals surface area contributed by atoms with Gasteiger partial charge in [0.1, 0.15) is 5.57 Å². The number of benzene rings is 1. The van der Waals surface area contributed by atoms with Crippen molar-refractivity contribution in [3.05, 3.63) is 41.0 Å². The molecule has 128 valence electrons. The van der Waals surface area contributed by atoms with E-state index in [-0.39, 0.29) is 5.57 Å². The van der Waals surface area contributed by atoms with Crippen LogP contribution in [0.3, 0.4) is 0 Å². The average Bonchev–Trinajstić information content (AvgIpc) is 3.02. The van der Waals surface area contributed by atoms with Gasteiger partial charge in [0.05, 0.1) is 12.7 Å². The fraction of sp³-hybridized carbons (Fsp3) is 0.474. The predicted octanol–water partition coefficient (Wildman–Crippen LogP) is 3.37. The van der Waals surface area contributed by atoms with Crippen molar-refractivity contribution in [2.75, 3.05) is 0 Å². The second-order valence-electron chi connectivity index (χ2n) is 6.70. The molecule has 5 heteroatoms. The van der Waals surface area contributed by atoms with Gasteiger partial charge in [0.15, 0.2) is 0 Å². The maximum absolute atomic E-state index is 12.0. The minimum Gasteiger partial charge on any atom is -0.419 e. The quantitative estimate of drug-likeness (QED) is 0.481. The van der Waals surface area contributed by atoms with Crippen LogP contribution in [0.4, 0.5) is 0 Å². The third-order valence-corrected chi connectivity index (χ3v) is 4.17. The van der Waals surface area contributed by atoms with Crippen LogP contribution in [0.15, 0.2) is 29.8 Å². The molecule has 24 heavy (non-hydrogen) atoms. The minimum absolute atomic E-state index is 0.0943. The molecule has 1 heterocycles. The van der Waals surface area contributed by atoms with Crippen LogP contribution in [0, 0.1) is 0 Å². The van der Waals surface area contributed by atoms with E-state index in [1.807, 2.05) is 24.3 Å². The maximum Gasteiger partial charge on any atom is 0.348 e. The summed E-state index contributed by atoms with van der Waals surface area (Å²) in [5.74, 6) is -2.55. The van der Waals surface area contributed by atoms with Gasteiger partial charge in [-0.15, -0.1) is 0 Å². The van der Waals surface area contributed by atoms with Gasteiger partial charge in [-0.05, 0) is 36.1 Å². The van der Waals surface area contributed by atoms with E-state index in [4.69, 9.17) is 14.2 Å². The molecule has 0 amide bonds. The van der Waals surface area contributed by atoms with Gasteiger partial charge in [-0.1, -0.05) is 31.0 Å². The van der Waals surface area contributed by atoms with Crippen molar-refractivity contribution in [3.63, 3.8) is 0 Å². The zero-order valence-electron chi connectivity index (χ0n) is 14.0. The molecule has 5 nitrogen and oxygen atoms in total. The van der Waals surface area contributed by atoms with E-state index in [1.165, 1.54) is 32.8 Å². The summed E-state index contributed by atoms with van der Waals surface area (Å²) < 4.78 is 16.1. The zero-order valence-corrected chi connectivity index (χ0v) is 14.0. The van der Waals surface area contributed by atoms with Crippen molar-refractivity contribution in [2.24, 2.45) is 0 Å². The molecule has 1 aromatic rings. The van der Waals surface area contributed by atoms with Crippen LogP contribution in [-0.4, -0.2) is 23.8 Å². The SMILES string of the molecule is CC1(C)OC(=O)C(=Cc2cccc(COC3CCCC3)c2)C(=O)O1. The Bertz CT molecular complexity index is 646. The number of cyclic esters (lactones) is 2. The second kappa shape index (κ2) is 6.77. The summed E-state index contributed by atoms with van der Waals surface area (Å²) in [6, 6.07) is 7.58. The van der Waals surface area contributed by atoms with Crippen LogP contribution in [0.2, 0.25) is 0 Å². The molecular weight excluding hydrogens is 308 g/mol. The van der Waals surface area contributed by atoms with E-state index in [9.17, 15) is 9.59 Å². The normalized spacial score (nSPS) is 20.7. The number of ether oxygens (including phenoxy) is 3. The molecule has 0 unspecified atom stereocenters. The molecule has 1 aliphatic heterocycles. The van der Waals surface area contributed by atoms with Gasteiger partial charge in [0, 0.05) is 13.8 Å². The largest absolute Gasteiger partial charge is 0.419 e. The number of hydrogen-bond donors (Lipinski definition) is 0. The lowest BCUT2D eigenvalue weighted by atomic mass is 10.1. The van der Waals surface area contributed by atoms with Crippen molar-refractivity contribution in [3.8, 4) is 0 Å². The Morgan fingerprint density at radius 2 is 1.83 bits per heavy atom. The Morgan fingerprint density at radius 1 is 1.17 bits per heavy atom. The van der Waals surface area contributed by atoms with Gasteiger partial charge >= 0.3 is 11.9 Å². The Kier molecular flexibility index (Phi) is 4.71. The van der Waals surface area contributed by atoms with Crippen LogP contribution >= 0.6 is 0 Å². The van der Waals surface area contributed by atoms with Crippen molar-refractivity contribution in [1.29, 1.82) is 0 Å². The minimum atomic E-state index is -1.22. The van der Waals surface area contributed by atoms with Gasteiger partial charge < -0.3 is 14.2 Å². The lowest BCUT2D eigenvalue weighted by molar-refractivity contribution is -0.222. The Morgan fingerprint density at radius 3 is 2.50 bits per heavy atom. The van der Waals surface area contributed by atoms with Crippen molar-refractivity contribution in [1.82, 2.24) is 0 Å². The molecule has 1 saturated heterocycles. The highest BCUT2D eigenvalue weighted by atomic mass is 16.7. The molecule has 0 spiro atoms. The average molecular weight is 330 g/mol. The Balaban J connectivity index is 1.71. The van der Waals surface area contributed by atoms with E-state index in [0.29, 0.717) is 12.7 Å². The van der Waals surface area contributed by atoms with Crippen LogP contribution in [0.25, 0.3) is 6.08 Å². The fourth-order valence-electron chi connectivity index (χ4n) is 2.99. The monoisotopic (exact) mass is 330 g/mol. The third-order valence-electron chi connectivity index (χ3n) is 4.17. The molecule has 0 radical (unpaired) electrons. The lowest BCUT2D eigenvalue weighted by Crippen LogP contribution is -2.41. The molecular formula is C19H22O5. The molecule has 0 bridgehead atoms. The van der Waals surface area contributed by atoms with Gasteiger partial charge in [-0.3, -0.25) is 0 Å². The molecule has 0 N–H and O–H groups in total. The summed E-state index contributed by atoms with van der Waals surface area (Å²) in [6.45, 7) is 3.59. The first-order valence-electron chi connectivity index (χ1n) is 8.32. The van der Waals surface area contributed by atoms with E-state index >= 15 is 0 Å². The summed E-state index contributed by atoms with van der Waals surface area (Å²) in [5.41, 5.74) is 1.66. The first-order valence-corrected chi connectivity index (χ1v) is 8.32. The Labute approximate surface area is 141 Å². The van der Waals surface area contributed by atoms with Gasteiger partial charge in [-0.2, -0.15) is 0 Å². The number of hydrogen-bond acceptors (Lipinski definition) is 5. The van der Waals surface area contributed by atoms with Gasteiger partial charge in [-0.25, -0.2) is 9.59 Å². The van der Waals surface area contributed by atoms with E-state index in [1.54, 1.807) is 0 Å². The van der Waals surface area contributed by atoms with Crippen molar-refractivity contribution >= 4 is 18.0 Å². The molecule has 1 aromatic carbocycles. The van der Waals surface area contributed by atoms with Gasteiger partial charge in [0.25, 0.3) is 5.79 Å². The van der Waals surface area contributed by atoms with E-state index < -0.39 is 17.7 Å². The van der Waals surface area contributed by atoms with Crippen LogP contribution < -0.4 is 0 Å². The standard InChI is InChI=1S/C19H22O5/c1-19(2)23-17(20)16(18(21)24-19)11-13-6-5-7-14(10-13)12-22-15-8-3-4-9-15/h5-7,10-11,15H,3-4,8-9,12H2,1-2H3. The summed E-state index contributed by atoms with van der Waals surface area (Å²) in [4.78, 5) is 24.0. The topological polar surface area (TPSA) is 61.8 Å². The fourth-order valence-corrected chi connectivity index (χ4v) is 2.99. The molecule has 1 saturated carbocycles. The van der Waals surface area contributed by atoms with Gasteiger partial charge in [0.2, 0.25) is 0 Å². The number of carbonyl (C=O) groups is 2. The predicted molar refractivity (Wildman–Crippen MR) is 87.7 cm³/mol. The summed E-state index contributed by atoms with van der Waals surface area (Å²) in [6.07, 6.45) is 6.56. The first-order chi connectivity index (χ1) is 11.4.